The van der Waals surface area contributed by atoms with E-state index < -0.39 is 9.84 Å². The third-order valence-electron chi connectivity index (χ3n) is 6.64. The van der Waals surface area contributed by atoms with E-state index in [1.165, 1.54) is 0 Å². The van der Waals surface area contributed by atoms with Crippen LogP contribution in [0.15, 0.2) is 28.9 Å². The van der Waals surface area contributed by atoms with Gasteiger partial charge in [-0.3, -0.25) is 14.4 Å². The number of aromatic nitrogens is 3. The molecule has 1 aliphatic heterocycles. The number of carbonyl (C=O) groups excluding carboxylic acids is 1. The van der Waals surface area contributed by atoms with Crippen molar-refractivity contribution in [3.63, 3.8) is 0 Å². The first-order valence-corrected chi connectivity index (χ1v) is 13.0. The molecule has 1 atom stereocenters. The van der Waals surface area contributed by atoms with Crippen LogP contribution in [-0.2, 0) is 22.9 Å². The van der Waals surface area contributed by atoms with Gasteiger partial charge in [-0.2, -0.15) is 5.10 Å². The summed E-state index contributed by atoms with van der Waals surface area (Å²) >= 11 is 0. The fourth-order valence-corrected chi connectivity index (χ4v) is 6.48. The molecule has 4 heterocycles. The second kappa shape index (κ2) is 8.95. The van der Waals surface area contributed by atoms with E-state index in [1.54, 1.807) is 6.26 Å². The maximum atomic E-state index is 13.1. The molecule has 8 nitrogen and oxygen atoms in total. The van der Waals surface area contributed by atoms with Gasteiger partial charge in [-0.25, -0.2) is 8.42 Å². The minimum Gasteiger partial charge on any atom is -0.467 e. The lowest BCUT2D eigenvalue weighted by molar-refractivity contribution is 0.0942. The molecule has 0 aromatic carbocycles. The zero-order valence-electron chi connectivity index (χ0n) is 20.0. The highest BCUT2D eigenvalue weighted by Gasteiger charge is 2.31. The van der Waals surface area contributed by atoms with E-state index in [9.17, 15) is 13.2 Å². The summed E-state index contributed by atoms with van der Waals surface area (Å²) in [5.41, 5.74) is 5.60. The van der Waals surface area contributed by atoms with Crippen LogP contribution in [0.1, 0.15) is 56.9 Å². The lowest BCUT2D eigenvalue weighted by Crippen LogP contribution is -2.26. The van der Waals surface area contributed by atoms with Crippen LogP contribution in [0.25, 0.3) is 0 Å². The Balaban J connectivity index is 1.45. The van der Waals surface area contributed by atoms with Gasteiger partial charge in [0.05, 0.1) is 42.6 Å². The maximum absolute atomic E-state index is 13.1. The zero-order chi connectivity index (χ0) is 23.9. The molecule has 33 heavy (non-hydrogen) atoms. The number of Topliss-reactive ketones (excluding diaryl/α,β-unsaturated/α-hetero) is 1. The monoisotopic (exact) mass is 472 g/mol. The number of furan rings is 1. The Kier molecular flexibility index (Phi) is 6.37. The second-order valence-corrected chi connectivity index (χ2v) is 11.4. The second-order valence-electron chi connectivity index (χ2n) is 9.20. The molecule has 0 bridgehead atoms. The van der Waals surface area contributed by atoms with Crippen LogP contribution in [0.2, 0.25) is 0 Å². The Hall–Kier alpha value is -2.65. The van der Waals surface area contributed by atoms with Crippen molar-refractivity contribution in [1.29, 1.82) is 0 Å². The minimum atomic E-state index is -2.98. The van der Waals surface area contributed by atoms with Crippen LogP contribution in [0, 0.1) is 27.7 Å². The molecule has 1 fully saturated rings. The predicted molar refractivity (Wildman–Crippen MR) is 126 cm³/mol. The topological polar surface area (TPSA) is 90.3 Å². The summed E-state index contributed by atoms with van der Waals surface area (Å²) in [5, 5.41) is 4.64. The highest BCUT2D eigenvalue weighted by molar-refractivity contribution is 7.91. The minimum absolute atomic E-state index is 0.0703. The summed E-state index contributed by atoms with van der Waals surface area (Å²) in [6.07, 6.45) is 2.26. The van der Waals surface area contributed by atoms with Crippen molar-refractivity contribution in [1.82, 2.24) is 19.2 Å². The largest absolute Gasteiger partial charge is 0.467 e. The van der Waals surface area contributed by atoms with Gasteiger partial charge < -0.3 is 8.98 Å². The number of ketones is 1. The molecule has 0 saturated carbocycles. The van der Waals surface area contributed by atoms with Gasteiger partial charge in [0.15, 0.2) is 15.6 Å². The summed E-state index contributed by atoms with van der Waals surface area (Å²) in [5.74, 6) is 1.29. The van der Waals surface area contributed by atoms with Crippen LogP contribution in [0.5, 0.6) is 0 Å². The van der Waals surface area contributed by atoms with E-state index in [0.717, 1.165) is 39.7 Å². The van der Waals surface area contributed by atoms with Crippen molar-refractivity contribution >= 4 is 15.6 Å². The van der Waals surface area contributed by atoms with Gasteiger partial charge in [-0.15, -0.1) is 0 Å². The Morgan fingerprint density at radius 1 is 1.24 bits per heavy atom. The number of hydrogen-bond acceptors (Lipinski definition) is 6. The average molecular weight is 473 g/mol. The van der Waals surface area contributed by atoms with Crippen LogP contribution < -0.4 is 0 Å². The molecule has 0 aliphatic carbocycles. The molecule has 1 saturated heterocycles. The molecule has 4 rings (SSSR count). The summed E-state index contributed by atoms with van der Waals surface area (Å²) in [7, 11) is -1.05. The fraction of sp³-hybridized carbons (Fsp3) is 0.500. The normalized spacial score (nSPS) is 17.8. The van der Waals surface area contributed by atoms with E-state index in [-0.39, 0.29) is 29.9 Å². The molecule has 178 valence electrons. The van der Waals surface area contributed by atoms with E-state index in [0.29, 0.717) is 19.5 Å². The number of rotatable bonds is 8. The Bertz CT molecular complexity index is 1270. The van der Waals surface area contributed by atoms with E-state index in [2.05, 4.69) is 9.67 Å². The number of aryl methyl sites for hydroxylation is 2. The average Bonchev–Trinajstić information content (AvgIpc) is 3.50. The third kappa shape index (κ3) is 4.84. The maximum Gasteiger partial charge on any atom is 0.178 e. The third-order valence-corrected chi connectivity index (χ3v) is 8.39. The van der Waals surface area contributed by atoms with Crippen LogP contribution in [0.3, 0.4) is 0 Å². The predicted octanol–water partition coefficient (Wildman–Crippen LogP) is 3.23. The van der Waals surface area contributed by atoms with Gasteiger partial charge in [-0.1, -0.05) is 0 Å². The van der Waals surface area contributed by atoms with Gasteiger partial charge in [0.2, 0.25) is 0 Å². The molecular weight excluding hydrogens is 440 g/mol. The molecule has 0 radical (unpaired) electrons. The van der Waals surface area contributed by atoms with Crippen LogP contribution >= 0.6 is 0 Å². The fourth-order valence-electron chi connectivity index (χ4n) is 4.79. The lowest BCUT2D eigenvalue weighted by atomic mass is 10.1. The van der Waals surface area contributed by atoms with Crippen molar-refractivity contribution in [3.05, 3.63) is 64.1 Å². The van der Waals surface area contributed by atoms with Crippen molar-refractivity contribution in [2.45, 2.75) is 53.2 Å². The number of hydrogen-bond donors (Lipinski definition) is 0. The van der Waals surface area contributed by atoms with Gasteiger partial charge in [0.1, 0.15) is 5.76 Å². The SMILES string of the molecule is Cc1nn([C@H]2CCS(=O)(=O)C2)c(C)c1CN(C)CC(=O)c1cc(C)n(Cc2ccco2)c1C. The van der Waals surface area contributed by atoms with E-state index in [1.807, 2.05) is 62.5 Å². The number of carbonyl (C=O) groups is 1. The lowest BCUT2D eigenvalue weighted by Gasteiger charge is -2.17. The highest BCUT2D eigenvalue weighted by Crippen LogP contribution is 2.27. The molecule has 3 aromatic rings. The van der Waals surface area contributed by atoms with Crippen molar-refractivity contribution in [2.24, 2.45) is 0 Å². The molecule has 0 amide bonds. The summed E-state index contributed by atoms with van der Waals surface area (Å²) < 4.78 is 33.2. The highest BCUT2D eigenvalue weighted by atomic mass is 32.2. The summed E-state index contributed by atoms with van der Waals surface area (Å²) in [6.45, 7) is 9.36. The molecular formula is C24H32N4O4S. The Morgan fingerprint density at radius 2 is 2.00 bits per heavy atom. The molecule has 9 heteroatoms. The quantitative estimate of drug-likeness (QED) is 0.468. The first kappa shape index (κ1) is 23.5. The molecule has 1 aliphatic rings. The van der Waals surface area contributed by atoms with Gasteiger partial charge in [-0.05, 0) is 59.4 Å². The van der Waals surface area contributed by atoms with Gasteiger partial charge >= 0.3 is 0 Å². The molecule has 0 N–H and O–H groups in total. The number of likely N-dealkylation sites (N-methyl/N-ethyl adjacent to an activating group) is 1. The van der Waals surface area contributed by atoms with Gasteiger partial charge in [0, 0.05) is 34.8 Å². The van der Waals surface area contributed by atoms with Gasteiger partial charge in [0.25, 0.3) is 0 Å². The Labute approximate surface area is 195 Å². The smallest absolute Gasteiger partial charge is 0.178 e. The van der Waals surface area contributed by atoms with Crippen molar-refractivity contribution < 1.29 is 17.6 Å². The number of nitrogens with zero attached hydrogens (tertiary/aromatic N) is 4. The number of sulfone groups is 1. The summed E-state index contributed by atoms with van der Waals surface area (Å²) in [4.78, 5) is 15.1. The van der Waals surface area contributed by atoms with E-state index in [4.69, 9.17) is 4.42 Å². The van der Waals surface area contributed by atoms with Crippen molar-refractivity contribution in [2.75, 3.05) is 25.1 Å². The Morgan fingerprint density at radius 3 is 2.64 bits per heavy atom. The van der Waals surface area contributed by atoms with Crippen LogP contribution in [-0.4, -0.2) is 58.5 Å². The molecule has 0 unspecified atom stereocenters. The van der Waals surface area contributed by atoms with Crippen molar-refractivity contribution in [3.8, 4) is 0 Å². The van der Waals surface area contributed by atoms with E-state index >= 15 is 0 Å². The standard InChI is InChI=1S/C24H32N4O4S/c1-16-11-22(18(3)27(16)12-21-7-6-9-32-21)24(29)14-26(5)13-23-17(2)25-28(19(23)4)20-8-10-33(30,31)15-20/h6-7,9,11,20H,8,10,12-15H2,1-5H3/t20-/m0/s1. The van der Waals surface area contributed by atoms with Crippen LogP contribution in [0.4, 0.5) is 0 Å². The molecule has 3 aromatic heterocycles. The first-order valence-electron chi connectivity index (χ1n) is 11.2. The summed E-state index contributed by atoms with van der Waals surface area (Å²) in [6, 6.07) is 5.64. The molecule has 0 spiro atoms. The first-order chi connectivity index (χ1) is 15.6. The zero-order valence-corrected chi connectivity index (χ0v) is 20.8.